The van der Waals surface area contributed by atoms with Crippen LogP contribution in [0.3, 0.4) is 0 Å². The Morgan fingerprint density at radius 1 is 1.27 bits per heavy atom. The summed E-state index contributed by atoms with van der Waals surface area (Å²) in [6.45, 7) is 4.54. The van der Waals surface area contributed by atoms with Crippen molar-refractivity contribution in [3.05, 3.63) is 28.7 Å². The van der Waals surface area contributed by atoms with Crippen molar-refractivity contribution in [2.75, 3.05) is 39.3 Å². The number of hydrogen-bond acceptors (Lipinski definition) is 6. The second-order valence-corrected chi connectivity index (χ2v) is 8.10. The molecule has 0 bridgehead atoms. The van der Waals surface area contributed by atoms with E-state index in [4.69, 9.17) is 4.42 Å². The van der Waals surface area contributed by atoms with Gasteiger partial charge in [0.1, 0.15) is 0 Å². The first-order valence-electron chi connectivity index (χ1n) is 8.52. The van der Waals surface area contributed by atoms with E-state index in [1.165, 1.54) is 22.5 Å². The molecule has 2 heterocycles. The molecule has 1 aliphatic rings. The van der Waals surface area contributed by atoms with Crippen LogP contribution in [0.4, 0.5) is 0 Å². The number of benzene rings is 1. The molecule has 1 saturated heterocycles. The zero-order chi connectivity index (χ0) is 18.7. The molecule has 0 atom stereocenters. The zero-order valence-electron chi connectivity index (χ0n) is 14.5. The van der Waals surface area contributed by atoms with Gasteiger partial charge in [0.05, 0.1) is 17.0 Å². The predicted molar refractivity (Wildman–Crippen MR) is 95.3 cm³/mol. The van der Waals surface area contributed by atoms with E-state index in [-0.39, 0.29) is 17.3 Å². The van der Waals surface area contributed by atoms with Crippen LogP contribution >= 0.6 is 0 Å². The van der Waals surface area contributed by atoms with Crippen molar-refractivity contribution in [1.82, 2.24) is 19.5 Å². The lowest BCUT2D eigenvalue weighted by molar-refractivity contribution is -0.122. The van der Waals surface area contributed by atoms with E-state index in [0.29, 0.717) is 50.2 Å². The average molecular weight is 382 g/mol. The van der Waals surface area contributed by atoms with E-state index < -0.39 is 15.8 Å². The number of carbonyl (C=O) groups excluding carboxylic acids is 1. The molecule has 1 aromatic heterocycles. The van der Waals surface area contributed by atoms with Gasteiger partial charge < -0.3 is 9.73 Å². The predicted octanol–water partition coefficient (Wildman–Crippen LogP) is -0.0464. The van der Waals surface area contributed by atoms with E-state index in [1.54, 1.807) is 0 Å². The van der Waals surface area contributed by atoms with Crippen molar-refractivity contribution in [3.8, 4) is 0 Å². The molecule has 2 N–H and O–H groups in total. The van der Waals surface area contributed by atoms with Crippen LogP contribution in [0.2, 0.25) is 0 Å². The number of fused-ring (bicyclic) bond motifs is 1. The monoisotopic (exact) mass is 382 g/mol. The number of sulfonamides is 1. The number of aromatic nitrogens is 1. The Morgan fingerprint density at radius 2 is 2.08 bits per heavy atom. The van der Waals surface area contributed by atoms with Crippen molar-refractivity contribution < 1.29 is 17.6 Å². The normalized spacial score (nSPS) is 17.3. The summed E-state index contributed by atoms with van der Waals surface area (Å²) in [4.78, 5) is 27.5. The topological polar surface area (TPSA) is 116 Å². The van der Waals surface area contributed by atoms with Gasteiger partial charge >= 0.3 is 5.76 Å². The molecule has 142 valence electrons. The summed E-state index contributed by atoms with van der Waals surface area (Å²) in [5.74, 6) is -0.677. The summed E-state index contributed by atoms with van der Waals surface area (Å²) >= 11 is 0. The fourth-order valence-electron chi connectivity index (χ4n) is 3.04. The van der Waals surface area contributed by atoms with Crippen LogP contribution < -0.4 is 11.1 Å². The largest absolute Gasteiger partial charge is 0.417 e. The second kappa shape index (κ2) is 7.60. The molecule has 26 heavy (non-hydrogen) atoms. The van der Waals surface area contributed by atoms with Gasteiger partial charge in [0.2, 0.25) is 15.9 Å². The third-order valence-corrected chi connectivity index (χ3v) is 6.21. The Balaban J connectivity index is 1.74. The molecule has 0 aliphatic carbocycles. The molecular weight excluding hydrogens is 360 g/mol. The lowest BCUT2D eigenvalue weighted by Crippen LogP contribution is -2.40. The van der Waals surface area contributed by atoms with Gasteiger partial charge in [-0.2, -0.15) is 4.31 Å². The number of rotatable bonds is 5. The molecule has 3 rings (SSSR count). The number of hydrogen-bond donors (Lipinski definition) is 2. The molecule has 1 fully saturated rings. The molecule has 0 radical (unpaired) electrons. The van der Waals surface area contributed by atoms with Gasteiger partial charge in [-0.1, -0.05) is 0 Å². The van der Waals surface area contributed by atoms with E-state index in [2.05, 4.69) is 10.3 Å². The number of aromatic amines is 1. The Hall–Kier alpha value is -2.17. The van der Waals surface area contributed by atoms with Crippen LogP contribution in [0.1, 0.15) is 13.3 Å². The van der Waals surface area contributed by atoms with Gasteiger partial charge in [-0.05, 0) is 38.1 Å². The van der Waals surface area contributed by atoms with Crippen LogP contribution in [0, 0.1) is 0 Å². The molecule has 0 spiro atoms. The molecule has 0 unspecified atom stereocenters. The average Bonchev–Trinajstić information content (AvgIpc) is 2.79. The molecule has 1 aromatic carbocycles. The lowest BCUT2D eigenvalue weighted by Gasteiger charge is -2.21. The first kappa shape index (κ1) is 18.6. The summed E-state index contributed by atoms with van der Waals surface area (Å²) in [5.41, 5.74) is 0.668. The van der Waals surface area contributed by atoms with Crippen molar-refractivity contribution in [2.24, 2.45) is 0 Å². The summed E-state index contributed by atoms with van der Waals surface area (Å²) < 4.78 is 32.2. The molecule has 0 saturated carbocycles. The Morgan fingerprint density at radius 3 is 2.85 bits per heavy atom. The number of nitrogens with one attached hydrogen (secondary N) is 2. The van der Waals surface area contributed by atoms with Gasteiger partial charge in [0.15, 0.2) is 5.58 Å². The molecule has 2 aromatic rings. The maximum atomic E-state index is 12.9. The number of oxazole rings is 1. The van der Waals surface area contributed by atoms with Crippen molar-refractivity contribution >= 4 is 27.0 Å². The molecular formula is C16H22N4O5S. The van der Waals surface area contributed by atoms with Crippen LogP contribution in [0.5, 0.6) is 0 Å². The summed E-state index contributed by atoms with van der Waals surface area (Å²) in [7, 11) is -3.69. The van der Waals surface area contributed by atoms with Crippen LogP contribution in [-0.4, -0.2) is 67.8 Å². The highest BCUT2D eigenvalue weighted by atomic mass is 32.2. The molecule has 1 aliphatic heterocycles. The van der Waals surface area contributed by atoms with Gasteiger partial charge in [0.25, 0.3) is 0 Å². The quantitative estimate of drug-likeness (QED) is 0.749. The van der Waals surface area contributed by atoms with Crippen LogP contribution in [0.25, 0.3) is 11.1 Å². The number of carbonyl (C=O) groups is 1. The minimum Gasteiger partial charge on any atom is -0.408 e. The number of likely N-dealkylation sites (N-methyl/N-ethyl adjacent to an activating group) is 1. The Labute approximate surface area is 151 Å². The highest BCUT2D eigenvalue weighted by Crippen LogP contribution is 2.21. The molecule has 1 amide bonds. The smallest absolute Gasteiger partial charge is 0.408 e. The van der Waals surface area contributed by atoms with Crippen LogP contribution in [0.15, 0.2) is 32.3 Å². The van der Waals surface area contributed by atoms with E-state index in [1.807, 2.05) is 11.8 Å². The number of nitrogens with zero attached hydrogens (tertiary/aromatic N) is 2. The van der Waals surface area contributed by atoms with Gasteiger partial charge in [-0.25, -0.2) is 13.2 Å². The first-order chi connectivity index (χ1) is 12.4. The third kappa shape index (κ3) is 3.97. The molecule has 9 nitrogen and oxygen atoms in total. The third-order valence-electron chi connectivity index (χ3n) is 4.32. The maximum Gasteiger partial charge on any atom is 0.417 e. The second-order valence-electron chi connectivity index (χ2n) is 6.16. The van der Waals surface area contributed by atoms with Crippen molar-refractivity contribution in [3.63, 3.8) is 0 Å². The number of amides is 1. The Kier molecular flexibility index (Phi) is 5.44. The van der Waals surface area contributed by atoms with Gasteiger partial charge in [-0.15, -0.1) is 0 Å². The van der Waals surface area contributed by atoms with E-state index >= 15 is 0 Å². The minimum absolute atomic E-state index is 0.0572. The highest BCUT2D eigenvalue weighted by molar-refractivity contribution is 7.89. The fraction of sp³-hybridized carbons (Fsp3) is 0.500. The van der Waals surface area contributed by atoms with E-state index in [9.17, 15) is 18.0 Å². The number of H-pyrrole nitrogens is 1. The van der Waals surface area contributed by atoms with E-state index in [0.717, 1.165) is 0 Å². The first-order valence-corrected chi connectivity index (χ1v) is 9.96. The summed E-state index contributed by atoms with van der Waals surface area (Å²) in [5, 5.41) is 2.75. The standard InChI is InChI=1S/C16H22N4O5S/c1-2-17-15(21)11-19-6-3-7-20(9-8-19)26(23,24)12-4-5-14-13(10-12)18-16(22)25-14/h4-5,10H,2-3,6-9,11H2,1H3,(H,17,21)(H,18,22). The van der Waals surface area contributed by atoms with Crippen molar-refractivity contribution in [1.29, 1.82) is 0 Å². The summed E-state index contributed by atoms with van der Waals surface area (Å²) in [6.07, 6.45) is 0.642. The zero-order valence-corrected chi connectivity index (χ0v) is 15.3. The maximum absolute atomic E-state index is 12.9. The van der Waals surface area contributed by atoms with Gasteiger partial charge in [0, 0.05) is 26.2 Å². The SMILES string of the molecule is CCNC(=O)CN1CCCN(S(=O)(=O)c2ccc3oc(=O)[nH]c3c2)CC1. The summed E-state index contributed by atoms with van der Waals surface area (Å²) in [6, 6.07) is 4.32. The fourth-order valence-corrected chi connectivity index (χ4v) is 4.54. The van der Waals surface area contributed by atoms with Crippen LogP contribution in [-0.2, 0) is 14.8 Å². The minimum atomic E-state index is -3.69. The highest BCUT2D eigenvalue weighted by Gasteiger charge is 2.27. The molecule has 10 heteroatoms. The lowest BCUT2D eigenvalue weighted by atomic mass is 10.3. The van der Waals surface area contributed by atoms with Crippen molar-refractivity contribution in [2.45, 2.75) is 18.2 Å². The Bertz CT molecular complexity index is 949. The van der Waals surface area contributed by atoms with Gasteiger partial charge in [-0.3, -0.25) is 14.7 Å².